The van der Waals surface area contributed by atoms with Gasteiger partial charge in [0.05, 0.1) is 13.2 Å². The lowest BCUT2D eigenvalue weighted by Crippen LogP contribution is -2.11. The van der Waals surface area contributed by atoms with E-state index in [1.54, 1.807) is 31.2 Å². The minimum Gasteiger partial charge on any atom is -0.494 e. The van der Waals surface area contributed by atoms with Crippen LogP contribution in [0.2, 0.25) is 0 Å². The summed E-state index contributed by atoms with van der Waals surface area (Å²) in [7, 11) is 0. The van der Waals surface area contributed by atoms with Gasteiger partial charge in [0.1, 0.15) is 11.6 Å². The van der Waals surface area contributed by atoms with Crippen LogP contribution >= 0.6 is 0 Å². The molecule has 1 N–H and O–H groups in total. The highest BCUT2D eigenvalue weighted by molar-refractivity contribution is 6.04. The number of hydrogen-bond acceptors (Lipinski definition) is 4. The molecular formula is C25H30FNO4. The summed E-state index contributed by atoms with van der Waals surface area (Å²) < 4.78 is 23.7. The number of rotatable bonds is 13. The SMILES string of the molecule is C=C(C)C(=O)OCCCCCCCCOc1ccc(C(=O)Nc2ccc(F)cc2)cc1. The van der Waals surface area contributed by atoms with E-state index in [1.165, 1.54) is 24.3 Å². The smallest absolute Gasteiger partial charge is 0.333 e. The lowest BCUT2D eigenvalue weighted by Gasteiger charge is -2.08. The van der Waals surface area contributed by atoms with Gasteiger partial charge in [-0.1, -0.05) is 32.3 Å². The van der Waals surface area contributed by atoms with Gasteiger partial charge in [-0.15, -0.1) is 0 Å². The van der Waals surface area contributed by atoms with Gasteiger partial charge in [0.15, 0.2) is 0 Å². The molecule has 166 valence electrons. The zero-order valence-corrected chi connectivity index (χ0v) is 18.0. The van der Waals surface area contributed by atoms with Gasteiger partial charge in [-0.3, -0.25) is 4.79 Å². The standard InChI is InChI=1S/C25H30FNO4/c1-19(2)25(29)31-18-8-6-4-3-5-7-17-30-23-15-9-20(10-16-23)24(28)27-22-13-11-21(26)12-14-22/h9-16H,1,3-8,17-18H2,2H3,(H,27,28). The molecule has 1 amide bonds. The van der Waals surface area contributed by atoms with Crippen LogP contribution in [0.15, 0.2) is 60.7 Å². The van der Waals surface area contributed by atoms with Crippen molar-refractivity contribution in [2.45, 2.75) is 45.4 Å². The van der Waals surface area contributed by atoms with Crippen LogP contribution in [0.5, 0.6) is 5.75 Å². The number of ether oxygens (including phenoxy) is 2. The predicted molar refractivity (Wildman–Crippen MR) is 120 cm³/mol. The third-order valence-corrected chi connectivity index (χ3v) is 4.61. The first-order valence-electron chi connectivity index (χ1n) is 10.6. The molecule has 5 nitrogen and oxygen atoms in total. The zero-order valence-electron chi connectivity index (χ0n) is 18.0. The molecule has 0 aliphatic carbocycles. The molecule has 2 aromatic rings. The molecule has 0 atom stereocenters. The summed E-state index contributed by atoms with van der Waals surface area (Å²) in [6, 6.07) is 12.6. The number of halogens is 1. The first-order chi connectivity index (χ1) is 15.0. The molecule has 0 bridgehead atoms. The van der Waals surface area contributed by atoms with E-state index in [2.05, 4.69) is 11.9 Å². The Morgan fingerprint density at radius 3 is 2.06 bits per heavy atom. The van der Waals surface area contributed by atoms with E-state index >= 15 is 0 Å². The van der Waals surface area contributed by atoms with Crippen molar-refractivity contribution in [3.63, 3.8) is 0 Å². The van der Waals surface area contributed by atoms with Crippen LogP contribution in [0.4, 0.5) is 10.1 Å². The molecule has 0 heterocycles. The van der Waals surface area contributed by atoms with Crippen molar-refractivity contribution < 1.29 is 23.5 Å². The van der Waals surface area contributed by atoms with E-state index in [1.807, 2.05) is 0 Å². The van der Waals surface area contributed by atoms with E-state index in [0.29, 0.717) is 30.0 Å². The highest BCUT2D eigenvalue weighted by atomic mass is 19.1. The van der Waals surface area contributed by atoms with Gasteiger partial charge >= 0.3 is 5.97 Å². The Balaban J connectivity index is 1.55. The van der Waals surface area contributed by atoms with Gasteiger partial charge < -0.3 is 14.8 Å². The quantitative estimate of drug-likeness (QED) is 0.245. The maximum atomic E-state index is 12.9. The molecule has 0 saturated carbocycles. The number of benzene rings is 2. The molecule has 0 aliphatic heterocycles. The summed E-state index contributed by atoms with van der Waals surface area (Å²) in [5, 5.41) is 2.72. The Kier molecular flexibility index (Phi) is 10.3. The average molecular weight is 428 g/mol. The highest BCUT2D eigenvalue weighted by Crippen LogP contribution is 2.15. The average Bonchev–Trinajstić information content (AvgIpc) is 2.76. The molecule has 0 aliphatic rings. The number of carbonyl (C=O) groups is 2. The van der Waals surface area contributed by atoms with Crippen LogP contribution in [0.25, 0.3) is 0 Å². The molecule has 6 heteroatoms. The maximum Gasteiger partial charge on any atom is 0.333 e. The van der Waals surface area contributed by atoms with Gasteiger partial charge in [0.2, 0.25) is 0 Å². The van der Waals surface area contributed by atoms with Crippen molar-refractivity contribution in [2.24, 2.45) is 0 Å². The molecule has 0 spiro atoms. The maximum absolute atomic E-state index is 12.9. The minimum absolute atomic E-state index is 0.257. The minimum atomic E-state index is -0.346. The number of anilines is 1. The summed E-state index contributed by atoms with van der Waals surface area (Å²) in [6.45, 7) is 6.27. The first kappa shape index (κ1) is 24.1. The second-order valence-electron chi connectivity index (χ2n) is 7.37. The van der Waals surface area contributed by atoms with Crippen LogP contribution in [0.3, 0.4) is 0 Å². The molecule has 0 saturated heterocycles. The monoisotopic (exact) mass is 427 g/mol. The topological polar surface area (TPSA) is 64.6 Å². The van der Waals surface area contributed by atoms with E-state index < -0.39 is 0 Å². The van der Waals surface area contributed by atoms with Crippen molar-refractivity contribution in [1.29, 1.82) is 0 Å². The van der Waals surface area contributed by atoms with E-state index in [4.69, 9.17) is 9.47 Å². The van der Waals surface area contributed by atoms with Crippen LogP contribution in [-0.2, 0) is 9.53 Å². The van der Waals surface area contributed by atoms with E-state index in [9.17, 15) is 14.0 Å². The third kappa shape index (κ3) is 9.47. The van der Waals surface area contributed by atoms with Crippen LogP contribution < -0.4 is 10.1 Å². The Morgan fingerprint density at radius 2 is 1.45 bits per heavy atom. The van der Waals surface area contributed by atoms with Crippen molar-refractivity contribution in [2.75, 3.05) is 18.5 Å². The number of esters is 1. The molecule has 2 aromatic carbocycles. The molecule has 0 aromatic heterocycles. The van der Waals surface area contributed by atoms with Crippen LogP contribution in [0.1, 0.15) is 55.8 Å². The Bertz CT molecular complexity index is 847. The fraction of sp³-hybridized carbons (Fsp3) is 0.360. The molecule has 2 rings (SSSR count). The number of carbonyl (C=O) groups excluding carboxylic acids is 2. The Labute approximate surface area is 183 Å². The molecule has 0 radical (unpaired) electrons. The second kappa shape index (κ2) is 13.2. The normalized spacial score (nSPS) is 10.4. The Morgan fingerprint density at radius 1 is 0.871 bits per heavy atom. The highest BCUT2D eigenvalue weighted by Gasteiger charge is 2.06. The number of nitrogens with one attached hydrogen (secondary N) is 1. The fourth-order valence-electron chi connectivity index (χ4n) is 2.83. The summed E-state index contributed by atoms with van der Waals surface area (Å²) in [6.07, 6.45) is 6.15. The first-order valence-corrected chi connectivity index (χ1v) is 10.6. The zero-order chi connectivity index (χ0) is 22.5. The van der Waals surface area contributed by atoms with Crippen molar-refractivity contribution >= 4 is 17.6 Å². The van der Waals surface area contributed by atoms with Gasteiger partial charge in [0.25, 0.3) is 5.91 Å². The van der Waals surface area contributed by atoms with Gasteiger partial charge in [-0.25, -0.2) is 9.18 Å². The number of unbranched alkanes of at least 4 members (excludes halogenated alkanes) is 5. The molecular weight excluding hydrogens is 397 g/mol. The van der Waals surface area contributed by atoms with Crippen molar-refractivity contribution in [3.8, 4) is 5.75 Å². The lowest BCUT2D eigenvalue weighted by molar-refractivity contribution is -0.139. The second-order valence-corrected chi connectivity index (χ2v) is 7.37. The lowest BCUT2D eigenvalue weighted by atomic mass is 10.1. The fourth-order valence-corrected chi connectivity index (χ4v) is 2.83. The number of amides is 1. The molecule has 31 heavy (non-hydrogen) atoms. The van der Waals surface area contributed by atoms with Crippen LogP contribution in [-0.4, -0.2) is 25.1 Å². The number of hydrogen-bond donors (Lipinski definition) is 1. The van der Waals surface area contributed by atoms with E-state index in [0.717, 1.165) is 44.3 Å². The molecule has 0 unspecified atom stereocenters. The third-order valence-electron chi connectivity index (χ3n) is 4.61. The summed E-state index contributed by atoms with van der Waals surface area (Å²) >= 11 is 0. The van der Waals surface area contributed by atoms with Gasteiger partial charge in [-0.05, 0) is 68.3 Å². The van der Waals surface area contributed by atoms with E-state index in [-0.39, 0.29) is 17.7 Å². The summed E-state index contributed by atoms with van der Waals surface area (Å²) in [4.78, 5) is 23.5. The predicted octanol–water partition coefficient (Wildman–Crippen LogP) is 5.92. The van der Waals surface area contributed by atoms with Crippen molar-refractivity contribution in [1.82, 2.24) is 0 Å². The van der Waals surface area contributed by atoms with Crippen LogP contribution in [0, 0.1) is 5.82 Å². The summed E-state index contributed by atoms with van der Waals surface area (Å²) in [5.41, 5.74) is 1.48. The van der Waals surface area contributed by atoms with Crippen molar-refractivity contribution in [3.05, 3.63) is 72.1 Å². The van der Waals surface area contributed by atoms with Gasteiger partial charge in [0, 0.05) is 16.8 Å². The molecule has 0 fully saturated rings. The Hall–Kier alpha value is -3.15. The largest absolute Gasteiger partial charge is 0.494 e. The van der Waals surface area contributed by atoms with Gasteiger partial charge in [-0.2, -0.15) is 0 Å². The summed E-state index contributed by atoms with van der Waals surface area (Å²) in [5.74, 6) is -0.204.